The lowest BCUT2D eigenvalue weighted by molar-refractivity contribution is -0.117. The van der Waals surface area contributed by atoms with Gasteiger partial charge in [-0.1, -0.05) is 24.3 Å². The molecule has 0 saturated carbocycles. The number of hydrogen-bond donors (Lipinski definition) is 2. The molecule has 0 aliphatic heterocycles. The Kier molecular flexibility index (Phi) is 3.03. The number of amides is 1. The van der Waals surface area contributed by atoms with Gasteiger partial charge in [-0.2, -0.15) is 0 Å². The van der Waals surface area contributed by atoms with E-state index in [1.54, 1.807) is 0 Å². The van der Waals surface area contributed by atoms with Gasteiger partial charge in [0.05, 0.1) is 6.42 Å². The van der Waals surface area contributed by atoms with Crippen LogP contribution >= 0.6 is 0 Å². The smallest absolute Gasteiger partial charge is 0.221 e. The van der Waals surface area contributed by atoms with Crippen molar-refractivity contribution in [1.82, 2.24) is 0 Å². The highest BCUT2D eigenvalue weighted by Gasteiger charge is 2.00. The van der Waals surface area contributed by atoms with Crippen LogP contribution in [0.5, 0.6) is 0 Å². The predicted molar refractivity (Wildman–Crippen MR) is 51.9 cm³/mol. The van der Waals surface area contributed by atoms with Gasteiger partial charge in [-0.15, -0.1) is 0 Å². The average Bonchev–Trinajstić information content (AvgIpc) is 2.04. The Morgan fingerprint density at radius 1 is 1.38 bits per heavy atom. The number of carbonyl (C=O) groups is 1. The molecule has 0 aliphatic carbocycles. The van der Waals surface area contributed by atoms with E-state index in [4.69, 9.17) is 11.5 Å². The van der Waals surface area contributed by atoms with E-state index in [2.05, 4.69) is 0 Å². The molecule has 1 atom stereocenters. The van der Waals surface area contributed by atoms with E-state index < -0.39 is 0 Å². The van der Waals surface area contributed by atoms with Gasteiger partial charge in [0.1, 0.15) is 0 Å². The number of rotatable bonds is 3. The van der Waals surface area contributed by atoms with Crippen LogP contribution in [0.25, 0.3) is 0 Å². The van der Waals surface area contributed by atoms with Gasteiger partial charge >= 0.3 is 0 Å². The van der Waals surface area contributed by atoms with Crippen LogP contribution in [0.15, 0.2) is 24.3 Å². The summed E-state index contributed by atoms with van der Waals surface area (Å²) >= 11 is 0. The SMILES string of the molecule is C[C@@H](N)c1ccc(CC(N)=O)cc1. The second kappa shape index (κ2) is 4.05. The molecule has 3 heteroatoms. The van der Waals surface area contributed by atoms with Crippen molar-refractivity contribution in [3.8, 4) is 0 Å². The summed E-state index contributed by atoms with van der Waals surface area (Å²) in [6.07, 6.45) is 0.291. The lowest BCUT2D eigenvalue weighted by Crippen LogP contribution is -2.13. The Labute approximate surface area is 77.7 Å². The maximum Gasteiger partial charge on any atom is 0.221 e. The molecule has 1 amide bonds. The van der Waals surface area contributed by atoms with Gasteiger partial charge in [0, 0.05) is 6.04 Å². The second-order valence-corrected chi connectivity index (χ2v) is 3.17. The van der Waals surface area contributed by atoms with Crippen molar-refractivity contribution in [2.45, 2.75) is 19.4 Å². The highest BCUT2D eigenvalue weighted by molar-refractivity contribution is 5.76. The number of hydrogen-bond acceptors (Lipinski definition) is 2. The largest absolute Gasteiger partial charge is 0.369 e. The summed E-state index contributed by atoms with van der Waals surface area (Å²) < 4.78 is 0. The van der Waals surface area contributed by atoms with E-state index >= 15 is 0 Å². The maximum atomic E-state index is 10.6. The van der Waals surface area contributed by atoms with Crippen LogP contribution in [-0.4, -0.2) is 5.91 Å². The Hall–Kier alpha value is -1.35. The first-order valence-corrected chi connectivity index (χ1v) is 4.22. The average molecular weight is 178 g/mol. The predicted octanol–water partition coefficient (Wildman–Crippen LogP) is 0.734. The fraction of sp³-hybridized carbons (Fsp3) is 0.300. The fourth-order valence-corrected chi connectivity index (χ4v) is 1.14. The molecule has 13 heavy (non-hydrogen) atoms. The van der Waals surface area contributed by atoms with Crippen molar-refractivity contribution < 1.29 is 4.79 Å². The molecule has 3 nitrogen and oxygen atoms in total. The van der Waals surface area contributed by atoms with Gasteiger partial charge in [0.15, 0.2) is 0 Å². The van der Waals surface area contributed by atoms with Gasteiger partial charge < -0.3 is 11.5 Å². The number of benzene rings is 1. The summed E-state index contributed by atoms with van der Waals surface area (Å²) in [5.74, 6) is -0.312. The maximum absolute atomic E-state index is 10.6. The molecule has 1 rings (SSSR count). The summed E-state index contributed by atoms with van der Waals surface area (Å²) in [5.41, 5.74) is 12.7. The molecule has 0 heterocycles. The van der Waals surface area contributed by atoms with E-state index in [1.165, 1.54) is 0 Å². The third-order valence-electron chi connectivity index (χ3n) is 1.88. The highest BCUT2D eigenvalue weighted by atomic mass is 16.1. The first-order valence-electron chi connectivity index (χ1n) is 4.22. The molecule has 0 radical (unpaired) electrons. The molecular formula is C10H14N2O. The summed E-state index contributed by atoms with van der Waals surface area (Å²) in [4.78, 5) is 10.6. The summed E-state index contributed by atoms with van der Waals surface area (Å²) in [6.45, 7) is 1.92. The van der Waals surface area contributed by atoms with E-state index in [9.17, 15) is 4.79 Å². The number of primary amides is 1. The Morgan fingerprint density at radius 2 is 1.92 bits per heavy atom. The molecule has 0 bridgehead atoms. The molecule has 70 valence electrons. The van der Waals surface area contributed by atoms with Crippen LogP contribution in [0, 0.1) is 0 Å². The van der Waals surface area contributed by atoms with Crippen molar-refractivity contribution in [2.75, 3.05) is 0 Å². The summed E-state index contributed by atoms with van der Waals surface area (Å²) in [6, 6.07) is 7.63. The van der Waals surface area contributed by atoms with E-state index in [-0.39, 0.29) is 11.9 Å². The lowest BCUT2D eigenvalue weighted by Gasteiger charge is -2.05. The third kappa shape index (κ3) is 2.87. The monoisotopic (exact) mass is 178 g/mol. The first kappa shape index (κ1) is 9.74. The van der Waals surface area contributed by atoms with Crippen LogP contribution in [0.1, 0.15) is 24.1 Å². The molecule has 0 spiro atoms. The van der Waals surface area contributed by atoms with Crippen molar-refractivity contribution in [2.24, 2.45) is 11.5 Å². The second-order valence-electron chi connectivity index (χ2n) is 3.17. The standard InChI is InChI=1S/C10H14N2O/c1-7(11)9-4-2-8(3-5-9)6-10(12)13/h2-5,7H,6,11H2,1H3,(H2,12,13)/t7-/m1/s1. The Bertz CT molecular complexity index is 290. The van der Waals surface area contributed by atoms with Crippen molar-refractivity contribution in [1.29, 1.82) is 0 Å². The number of carbonyl (C=O) groups excluding carboxylic acids is 1. The zero-order chi connectivity index (χ0) is 9.84. The first-order chi connectivity index (χ1) is 6.09. The van der Waals surface area contributed by atoms with Crippen LogP contribution in [0.4, 0.5) is 0 Å². The fourth-order valence-electron chi connectivity index (χ4n) is 1.14. The molecule has 1 aromatic rings. The quantitative estimate of drug-likeness (QED) is 0.716. The Balaban J connectivity index is 2.75. The molecular weight excluding hydrogens is 164 g/mol. The van der Waals surface area contributed by atoms with Gasteiger partial charge in [-0.25, -0.2) is 0 Å². The van der Waals surface area contributed by atoms with Crippen molar-refractivity contribution >= 4 is 5.91 Å². The van der Waals surface area contributed by atoms with Crippen LogP contribution < -0.4 is 11.5 Å². The van der Waals surface area contributed by atoms with E-state index in [0.717, 1.165) is 11.1 Å². The number of nitrogens with two attached hydrogens (primary N) is 2. The minimum Gasteiger partial charge on any atom is -0.369 e. The molecule has 0 fully saturated rings. The molecule has 0 unspecified atom stereocenters. The third-order valence-corrected chi connectivity index (χ3v) is 1.88. The summed E-state index contributed by atoms with van der Waals surface area (Å²) in [7, 11) is 0. The molecule has 1 aromatic carbocycles. The molecule has 4 N–H and O–H groups in total. The highest BCUT2D eigenvalue weighted by Crippen LogP contribution is 2.10. The normalized spacial score (nSPS) is 12.5. The van der Waals surface area contributed by atoms with E-state index in [0.29, 0.717) is 6.42 Å². The topological polar surface area (TPSA) is 69.1 Å². The molecule has 0 aliphatic rings. The summed E-state index contributed by atoms with van der Waals surface area (Å²) in [5, 5.41) is 0. The van der Waals surface area contributed by atoms with Crippen LogP contribution in [-0.2, 0) is 11.2 Å². The zero-order valence-corrected chi connectivity index (χ0v) is 7.66. The molecule has 0 saturated heterocycles. The lowest BCUT2D eigenvalue weighted by atomic mass is 10.1. The van der Waals surface area contributed by atoms with Crippen LogP contribution in [0.2, 0.25) is 0 Å². The van der Waals surface area contributed by atoms with E-state index in [1.807, 2.05) is 31.2 Å². The van der Waals surface area contributed by atoms with Gasteiger partial charge in [-0.3, -0.25) is 4.79 Å². The molecule has 0 aromatic heterocycles. The van der Waals surface area contributed by atoms with Crippen LogP contribution in [0.3, 0.4) is 0 Å². The Morgan fingerprint density at radius 3 is 2.31 bits per heavy atom. The van der Waals surface area contributed by atoms with Gasteiger partial charge in [0.2, 0.25) is 5.91 Å². The zero-order valence-electron chi connectivity index (χ0n) is 7.66. The van der Waals surface area contributed by atoms with Gasteiger partial charge in [0.25, 0.3) is 0 Å². The van der Waals surface area contributed by atoms with Crippen molar-refractivity contribution in [3.05, 3.63) is 35.4 Å². The van der Waals surface area contributed by atoms with Crippen molar-refractivity contribution in [3.63, 3.8) is 0 Å². The van der Waals surface area contributed by atoms with Gasteiger partial charge in [-0.05, 0) is 18.1 Å². The minimum absolute atomic E-state index is 0.0302. The minimum atomic E-state index is -0.312.